The number of hydrogen-bond donors (Lipinski definition) is 0. The van der Waals surface area contributed by atoms with Gasteiger partial charge in [-0.2, -0.15) is 0 Å². The van der Waals surface area contributed by atoms with Gasteiger partial charge in [-0.05, 0) is 54.9 Å². The van der Waals surface area contributed by atoms with Crippen LogP contribution < -0.4 is 0 Å². The lowest BCUT2D eigenvalue weighted by Crippen LogP contribution is -1.92. The van der Waals surface area contributed by atoms with Crippen LogP contribution in [0.15, 0.2) is 61.2 Å². The van der Waals surface area contributed by atoms with Crippen molar-refractivity contribution in [3.8, 4) is 11.1 Å². The van der Waals surface area contributed by atoms with Crippen LogP contribution in [0.2, 0.25) is 0 Å². The molecule has 1 atom stereocenters. The third-order valence-corrected chi connectivity index (χ3v) is 4.19. The average molecular weight is 310 g/mol. The standard InChI is InChI=1S/C22H27F/c1-3-7-19-10-14-21(15-11-19)22-16-12-20(13-17-22)9-6-4-5-8-18(2)23/h3,10-18H,1,4-9H2,2H3. The van der Waals surface area contributed by atoms with Crippen molar-refractivity contribution in [3.63, 3.8) is 0 Å². The third-order valence-electron chi connectivity index (χ3n) is 4.19. The number of allylic oxidation sites excluding steroid dienone is 1. The molecule has 0 radical (unpaired) electrons. The van der Waals surface area contributed by atoms with Gasteiger partial charge in [-0.3, -0.25) is 0 Å². The number of alkyl halides is 1. The summed E-state index contributed by atoms with van der Waals surface area (Å²) in [5.74, 6) is 0. The minimum Gasteiger partial charge on any atom is -0.248 e. The molecule has 0 fully saturated rings. The van der Waals surface area contributed by atoms with Crippen LogP contribution in [0.4, 0.5) is 4.39 Å². The Balaban J connectivity index is 1.85. The van der Waals surface area contributed by atoms with E-state index in [1.54, 1.807) is 6.92 Å². The highest BCUT2D eigenvalue weighted by molar-refractivity contribution is 5.64. The maximum absolute atomic E-state index is 12.7. The van der Waals surface area contributed by atoms with Crippen LogP contribution in [-0.2, 0) is 12.8 Å². The molecule has 23 heavy (non-hydrogen) atoms. The van der Waals surface area contributed by atoms with Gasteiger partial charge >= 0.3 is 0 Å². The Hall–Kier alpha value is -1.89. The molecule has 0 saturated carbocycles. The highest BCUT2D eigenvalue weighted by atomic mass is 19.1. The lowest BCUT2D eigenvalue weighted by molar-refractivity contribution is 0.330. The van der Waals surface area contributed by atoms with Crippen molar-refractivity contribution in [1.82, 2.24) is 0 Å². The highest BCUT2D eigenvalue weighted by Gasteiger charge is 2.00. The van der Waals surface area contributed by atoms with Gasteiger partial charge in [-0.1, -0.05) is 67.4 Å². The Morgan fingerprint density at radius 1 is 0.870 bits per heavy atom. The van der Waals surface area contributed by atoms with Crippen molar-refractivity contribution in [2.75, 3.05) is 0 Å². The maximum atomic E-state index is 12.7. The first-order valence-corrected chi connectivity index (χ1v) is 8.62. The summed E-state index contributed by atoms with van der Waals surface area (Å²) >= 11 is 0. The number of unbranched alkanes of at least 4 members (excludes halogenated alkanes) is 2. The van der Waals surface area contributed by atoms with E-state index in [-0.39, 0.29) is 0 Å². The summed E-state index contributed by atoms with van der Waals surface area (Å²) in [6.45, 7) is 5.41. The molecule has 1 unspecified atom stereocenters. The van der Waals surface area contributed by atoms with Crippen molar-refractivity contribution < 1.29 is 4.39 Å². The van der Waals surface area contributed by atoms with Gasteiger partial charge in [0.1, 0.15) is 0 Å². The summed E-state index contributed by atoms with van der Waals surface area (Å²) < 4.78 is 12.7. The Morgan fingerprint density at radius 3 is 1.96 bits per heavy atom. The zero-order chi connectivity index (χ0) is 16.5. The van der Waals surface area contributed by atoms with E-state index in [0.717, 1.165) is 32.1 Å². The number of hydrogen-bond acceptors (Lipinski definition) is 0. The van der Waals surface area contributed by atoms with Gasteiger partial charge in [-0.15, -0.1) is 6.58 Å². The van der Waals surface area contributed by atoms with Crippen LogP contribution in [0.5, 0.6) is 0 Å². The summed E-state index contributed by atoms with van der Waals surface area (Å²) in [4.78, 5) is 0. The van der Waals surface area contributed by atoms with E-state index in [1.165, 1.54) is 22.3 Å². The number of aryl methyl sites for hydroxylation is 1. The van der Waals surface area contributed by atoms with Gasteiger partial charge in [0, 0.05) is 0 Å². The predicted octanol–water partition coefficient (Wildman–Crippen LogP) is 6.54. The summed E-state index contributed by atoms with van der Waals surface area (Å²) in [7, 11) is 0. The van der Waals surface area contributed by atoms with Crippen molar-refractivity contribution in [2.45, 2.75) is 51.6 Å². The molecule has 2 aromatic carbocycles. The van der Waals surface area contributed by atoms with Crippen LogP contribution in [0.1, 0.15) is 43.7 Å². The highest BCUT2D eigenvalue weighted by Crippen LogP contribution is 2.21. The van der Waals surface area contributed by atoms with Crippen molar-refractivity contribution in [1.29, 1.82) is 0 Å². The topological polar surface area (TPSA) is 0 Å². The molecule has 2 aromatic rings. The molecule has 0 nitrogen and oxygen atoms in total. The molecule has 0 bridgehead atoms. The SMILES string of the molecule is C=CCc1ccc(-c2ccc(CCCCCC(C)F)cc2)cc1. The Morgan fingerprint density at radius 2 is 1.43 bits per heavy atom. The molecule has 0 aliphatic rings. The molecule has 0 spiro atoms. The molecule has 0 aromatic heterocycles. The molecule has 0 saturated heterocycles. The molecule has 0 heterocycles. The lowest BCUT2D eigenvalue weighted by atomic mass is 9.99. The molecule has 0 amide bonds. The minimum atomic E-state index is -0.660. The van der Waals surface area contributed by atoms with Crippen molar-refractivity contribution >= 4 is 0 Å². The van der Waals surface area contributed by atoms with Crippen LogP contribution in [0.25, 0.3) is 11.1 Å². The lowest BCUT2D eigenvalue weighted by Gasteiger charge is -2.06. The van der Waals surface area contributed by atoms with E-state index in [0.29, 0.717) is 6.42 Å². The van der Waals surface area contributed by atoms with Gasteiger partial charge in [0.15, 0.2) is 0 Å². The number of benzene rings is 2. The average Bonchev–Trinajstić information content (AvgIpc) is 2.56. The summed E-state index contributed by atoms with van der Waals surface area (Å²) in [6.07, 6.45) is 7.21. The number of rotatable bonds is 9. The second-order valence-electron chi connectivity index (χ2n) is 6.27. The Bertz CT molecular complexity index is 578. The molecule has 122 valence electrons. The normalized spacial score (nSPS) is 12.1. The van der Waals surface area contributed by atoms with Gasteiger partial charge in [0.05, 0.1) is 6.17 Å². The van der Waals surface area contributed by atoms with Gasteiger partial charge in [0.25, 0.3) is 0 Å². The third kappa shape index (κ3) is 6.02. The Labute approximate surface area is 140 Å². The van der Waals surface area contributed by atoms with E-state index in [2.05, 4.69) is 55.1 Å². The first kappa shape index (κ1) is 17.5. The second kappa shape index (κ2) is 9.29. The van der Waals surface area contributed by atoms with Crippen LogP contribution in [-0.4, -0.2) is 6.17 Å². The molecule has 0 N–H and O–H groups in total. The van der Waals surface area contributed by atoms with E-state index in [4.69, 9.17) is 0 Å². The van der Waals surface area contributed by atoms with Crippen molar-refractivity contribution in [3.05, 3.63) is 72.3 Å². The molecular weight excluding hydrogens is 283 g/mol. The van der Waals surface area contributed by atoms with Gasteiger partial charge < -0.3 is 0 Å². The quantitative estimate of drug-likeness (QED) is 0.364. The van der Waals surface area contributed by atoms with E-state index < -0.39 is 6.17 Å². The fraction of sp³-hybridized carbons (Fsp3) is 0.364. The van der Waals surface area contributed by atoms with E-state index in [9.17, 15) is 4.39 Å². The van der Waals surface area contributed by atoms with Crippen LogP contribution >= 0.6 is 0 Å². The monoisotopic (exact) mass is 310 g/mol. The fourth-order valence-electron chi connectivity index (χ4n) is 2.80. The van der Waals surface area contributed by atoms with Crippen LogP contribution in [0, 0.1) is 0 Å². The fourth-order valence-corrected chi connectivity index (χ4v) is 2.80. The molecule has 2 rings (SSSR count). The zero-order valence-corrected chi connectivity index (χ0v) is 14.1. The summed E-state index contributed by atoms with van der Waals surface area (Å²) in [5.41, 5.74) is 5.17. The summed E-state index contributed by atoms with van der Waals surface area (Å²) in [5, 5.41) is 0. The second-order valence-corrected chi connectivity index (χ2v) is 6.27. The predicted molar refractivity (Wildman–Crippen MR) is 98.5 cm³/mol. The Kier molecular flexibility index (Phi) is 7.06. The first-order chi connectivity index (χ1) is 11.2. The minimum absolute atomic E-state index is 0.660. The summed E-state index contributed by atoms with van der Waals surface area (Å²) in [6, 6.07) is 17.5. The zero-order valence-electron chi connectivity index (χ0n) is 14.1. The van der Waals surface area contributed by atoms with Gasteiger partial charge in [-0.25, -0.2) is 4.39 Å². The molecule has 0 aliphatic heterocycles. The number of halogens is 1. The van der Waals surface area contributed by atoms with Crippen LogP contribution in [0.3, 0.4) is 0 Å². The van der Waals surface area contributed by atoms with E-state index in [1.807, 2.05) is 6.08 Å². The van der Waals surface area contributed by atoms with Gasteiger partial charge in [0.2, 0.25) is 0 Å². The largest absolute Gasteiger partial charge is 0.248 e. The smallest absolute Gasteiger partial charge is 0.0973 e. The van der Waals surface area contributed by atoms with Crippen molar-refractivity contribution in [2.24, 2.45) is 0 Å². The molecule has 1 heteroatoms. The maximum Gasteiger partial charge on any atom is 0.0973 e. The molecule has 0 aliphatic carbocycles. The molecular formula is C22H27F. The first-order valence-electron chi connectivity index (χ1n) is 8.62. The van der Waals surface area contributed by atoms with E-state index >= 15 is 0 Å².